The highest BCUT2D eigenvalue weighted by Crippen LogP contribution is 2.18. The van der Waals surface area contributed by atoms with Crippen LogP contribution in [-0.4, -0.2) is 75.6 Å². The molecule has 0 aliphatic carbocycles. The molecule has 0 radical (unpaired) electrons. The number of anilines is 1. The minimum absolute atomic E-state index is 0.139. The second-order valence-corrected chi connectivity index (χ2v) is 8.75. The van der Waals surface area contributed by atoms with E-state index in [4.69, 9.17) is 0 Å². The number of piperazine rings is 1. The van der Waals surface area contributed by atoms with Gasteiger partial charge in [-0.25, -0.2) is 14.5 Å². The third-order valence-electron chi connectivity index (χ3n) is 5.95. The van der Waals surface area contributed by atoms with Crippen molar-refractivity contribution < 1.29 is 4.79 Å². The van der Waals surface area contributed by atoms with Gasteiger partial charge in [-0.1, -0.05) is 36.4 Å². The minimum Gasteiger partial charge on any atom is -0.353 e. The van der Waals surface area contributed by atoms with Gasteiger partial charge < -0.3 is 14.7 Å². The standard InChI is InChI=1S/C25H27N7O2/c1-29(2)17-18-8-9-22(26-16-18)30-10-12-31(13-11-30)25(34)21-14-23-27-20(15-24(33)32(23)28-21)19-6-4-3-5-7-19/h3-9,14-16,28H,10-13,17H2,1-2H3. The van der Waals surface area contributed by atoms with Crippen LogP contribution in [0.2, 0.25) is 0 Å². The van der Waals surface area contributed by atoms with Crippen LogP contribution < -0.4 is 10.5 Å². The highest BCUT2D eigenvalue weighted by molar-refractivity contribution is 5.93. The van der Waals surface area contributed by atoms with E-state index >= 15 is 0 Å². The van der Waals surface area contributed by atoms with E-state index in [9.17, 15) is 9.59 Å². The molecule has 0 atom stereocenters. The molecular formula is C25H27N7O2. The van der Waals surface area contributed by atoms with E-state index in [0.29, 0.717) is 43.2 Å². The van der Waals surface area contributed by atoms with Gasteiger partial charge in [0.1, 0.15) is 11.5 Å². The van der Waals surface area contributed by atoms with Gasteiger partial charge in [-0.3, -0.25) is 14.7 Å². The van der Waals surface area contributed by atoms with Crippen LogP contribution in [0.1, 0.15) is 16.1 Å². The van der Waals surface area contributed by atoms with Crippen LogP contribution in [0.15, 0.2) is 65.6 Å². The number of carbonyl (C=O) groups is 1. The van der Waals surface area contributed by atoms with Gasteiger partial charge in [0.2, 0.25) is 0 Å². The Bertz CT molecular complexity index is 1350. The lowest BCUT2D eigenvalue weighted by molar-refractivity contribution is 0.0740. The largest absolute Gasteiger partial charge is 0.353 e. The fraction of sp³-hybridized carbons (Fsp3) is 0.280. The van der Waals surface area contributed by atoms with E-state index in [1.807, 2.05) is 56.7 Å². The normalized spacial score (nSPS) is 14.2. The molecule has 0 bridgehead atoms. The molecule has 1 amide bonds. The fourth-order valence-corrected chi connectivity index (χ4v) is 4.23. The van der Waals surface area contributed by atoms with Crippen molar-refractivity contribution in [3.05, 3.63) is 82.4 Å². The van der Waals surface area contributed by atoms with Crippen molar-refractivity contribution in [2.45, 2.75) is 6.54 Å². The monoisotopic (exact) mass is 457 g/mol. The first-order chi connectivity index (χ1) is 16.5. The number of benzene rings is 1. The maximum atomic E-state index is 13.1. The van der Waals surface area contributed by atoms with Gasteiger partial charge in [0.15, 0.2) is 5.65 Å². The van der Waals surface area contributed by atoms with Crippen LogP contribution in [0.3, 0.4) is 0 Å². The summed E-state index contributed by atoms with van der Waals surface area (Å²) >= 11 is 0. The second kappa shape index (κ2) is 9.11. The van der Waals surface area contributed by atoms with Crippen LogP contribution in [0.25, 0.3) is 16.9 Å². The Morgan fingerprint density at radius 2 is 1.79 bits per heavy atom. The summed E-state index contributed by atoms with van der Waals surface area (Å²) < 4.78 is 1.31. The van der Waals surface area contributed by atoms with Gasteiger partial charge in [0.05, 0.1) is 5.69 Å². The van der Waals surface area contributed by atoms with Crippen LogP contribution in [-0.2, 0) is 6.54 Å². The number of carbonyl (C=O) groups excluding carboxylic acids is 1. The SMILES string of the molecule is CN(C)Cc1ccc(N2CCN(C(=O)c3cc4nc(-c5ccccc5)cc(=O)n4[nH]3)CC2)nc1. The number of fused-ring (bicyclic) bond motifs is 1. The molecule has 4 aromatic rings. The summed E-state index contributed by atoms with van der Waals surface area (Å²) in [5.74, 6) is 0.782. The number of aromatic nitrogens is 4. The zero-order valence-corrected chi connectivity index (χ0v) is 19.3. The molecular weight excluding hydrogens is 430 g/mol. The number of hydrogen-bond donors (Lipinski definition) is 1. The van der Waals surface area contributed by atoms with E-state index in [1.165, 1.54) is 16.1 Å². The zero-order valence-electron chi connectivity index (χ0n) is 19.3. The molecule has 0 spiro atoms. The quantitative estimate of drug-likeness (QED) is 0.494. The summed E-state index contributed by atoms with van der Waals surface area (Å²) in [6.45, 7) is 3.40. The van der Waals surface area contributed by atoms with Gasteiger partial charge in [-0.2, -0.15) is 0 Å². The van der Waals surface area contributed by atoms with E-state index < -0.39 is 0 Å². The number of hydrogen-bond acceptors (Lipinski definition) is 6. The topological polar surface area (TPSA) is 89.8 Å². The molecule has 5 rings (SSSR count). The van der Waals surface area contributed by atoms with Gasteiger partial charge in [0.25, 0.3) is 11.5 Å². The molecule has 4 heterocycles. The zero-order chi connectivity index (χ0) is 23.7. The summed E-state index contributed by atoms with van der Waals surface area (Å²) in [4.78, 5) is 41.0. The highest BCUT2D eigenvalue weighted by Gasteiger charge is 2.24. The number of rotatable bonds is 5. The van der Waals surface area contributed by atoms with Crippen molar-refractivity contribution in [2.75, 3.05) is 45.2 Å². The lowest BCUT2D eigenvalue weighted by Gasteiger charge is -2.35. The van der Waals surface area contributed by atoms with E-state index in [-0.39, 0.29) is 11.5 Å². The second-order valence-electron chi connectivity index (χ2n) is 8.75. The van der Waals surface area contributed by atoms with Crippen molar-refractivity contribution in [2.24, 2.45) is 0 Å². The predicted molar refractivity (Wildman–Crippen MR) is 131 cm³/mol. The predicted octanol–water partition coefficient (Wildman–Crippen LogP) is 2.11. The fourth-order valence-electron chi connectivity index (χ4n) is 4.23. The lowest BCUT2D eigenvalue weighted by atomic mass is 10.1. The smallest absolute Gasteiger partial charge is 0.273 e. The van der Waals surface area contributed by atoms with E-state index in [0.717, 1.165) is 17.9 Å². The van der Waals surface area contributed by atoms with Crippen LogP contribution in [0.4, 0.5) is 5.82 Å². The molecule has 1 N–H and O–H groups in total. The Kier molecular flexibility index (Phi) is 5.85. The molecule has 1 fully saturated rings. The van der Waals surface area contributed by atoms with Gasteiger partial charge in [-0.15, -0.1) is 0 Å². The summed E-state index contributed by atoms with van der Waals surface area (Å²) in [6, 6.07) is 16.8. The number of amides is 1. The third kappa shape index (κ3) is 4.42. The Balaban J connectivity index is 1.28. The maximum Gasteiger partial charge on any atom is 0.273 e. The Morgan fingerprint density at radius 1 is 1.03 bits per heavy atom. The van der Waals surface area contributed by atoms with Crippen LogP contribution in [0, 0.1) is 0 Å². The number of pyridine rings is 1. The Hall–Kier alpha value is -3.98. The molecule has 9 heteroatoms. The summed E-state index contributed by atoms with van der Waals surface area (Å²) in [7, 11) is 4.07. The highest BCUT2D eigenvalue weighted by atomic mass is 16.2. The molecule has 174 valence electrons. The molecule has 1 aliphatic heterocycles. The number of nitrogens with zero attached hydrogens (tertiary/aromatic N) is 6. The van der Waals surface area contributed by atoms with Crippen LogP contribution >= 0.6 is 0 Å². The third-order valence-corrected chi connectivity index (χ3v) is 5.95. The summed E-state index contributed by atoms with van der Waals surface area (Å²) in [5.41, 5.74) is 3.14. The maximum absolute atomic E-state index is 13.1. The summed E-state index contributed by atoms with van der Waals surface area (Å²) in [6.07, 6.45) is 1.91. The molecule has 3 aromatic heterocycles. The van der Waals surface area contributed by atoms with Gasteiger partial charge in [-0.05, 0) is 25.7 Å². The van der Waals surface area contributed by atoms with Crippen molar-refractivity contribution >= 4 is 17.4 Å². The molecule has 0 saturated carbocycles. The Labute approximate surface area is 197 Å². The molecule has 34 heavy (non-hydrogen) atoms. The lowest BCUT2D eigenvalue weighted by Crippen LogP contribution is -2.49. The number of nitrogens with one attached hydrogen (secondary N) is 1. The number of aromatic amines is 1. The van der Waals surface area contributed by atoms with Gasteiger partial charge >= 0.3 is 0 Å². The van der Waals surface area contributed by atoms with Gasteiger partial charge in [0, 0.05) is 56.6 Å². The van der Waals surface area contributed by atoms with Crippen LogP contribution in [0.5, 0.6) is 0 Å². The molecule has 1 aliphatic rings. The molecule has 0 unspecified atom stereocenters. The average Bonchev–Trinajstić information content (AvgIpc) is 3.29. The molecule has 1 aromatic carbocycles. The number of H-pyrrole nitrogens is 1. The first kappa shape index (κ1) is 21.8. The summed E-state index contributed by atoms with van der Waals surface area (Å²) in [5, 5.41) is 2.92. The molecule has 9 nitrogen and oxygen atoms in total. The van der Waals surface area contributed by atoms with E-state index in [1.54, 1.807) is 11.0 Å². The first-order valence-electron chi connectivity index (χ1n) is 11.3. The Morgan fingerprint density at radius 3 is 2.47 bits per heavy atom. The van der Waals surface area contributed by atoms with Crippen molar-refractivity contribution in [3.8, 4) is 11.3 Å². The minimum atomic E-state index is -0.253. The van der Waals surface area contributed by atoms with Crippen molar-refractivity contribution in [3.63, 3.8) is 0 Å². The average molecular weight is 458 g/mol. The van der Waals surface area contributed by atoms with E-state index in [2.05, 4.69) is 30.9 Å². The van der Waals surface area contributed by atoms with Crippen molar-refractivity contribution in [1.29, 1.82) is 0 Å². The molecule has 1 saturated heterocycles. The van der Waals surface area contributed by atoms with Crippen molar-refractivity contribution in [1.82, 2.24) is 29.4 Å². The first-order valence-corrected chi connectivity index (χ1v) is 11.3.